The van der Waals surface area contributed by atoms with Gasteiger partial charge in [0, 0.05) is 65.5 Å². The molecule has 4 aromatic carbocycles. The molecular formula is C77H104N16O18S2. The van der Waals surface area contributed by atoms with Crippen molar-refractivity contribution >= 4 is 137 Å². The zero-order valence-electron chi connectivity index (χ0n) is 63.9. The van der Waals surface area contributed by atoms with Gasteiger partial charge in [-0.25, -0.2) is 8.42 Å². The first-order chi connectivity index (χ1) is 53.8. The predicted molar refractivity (Wildman–Crippen MR) is 423 cm³/mol. The van der Waals surface area contributed by atoms with E-state index < -0.39 is 208 Å². The molecule has 36 heteroatoms. The number of aliphatic carboxylic acids is 1. The minimum absolute atomic E-state index is 0.0547. The Morgan fingerprint density at radius 2 is 1.00 bits per heavy atom. The number of fused-ring (bicyclic) bond motifs is 3. The number of carboxylic acid groups (broad SMARTS) is 1. The number of aromatic amines is 2. The summed E-state index contributed by atoms with van der Waals surface area (Å²) in [5, 5.41) is 54.3. The highest BCUT2D eigenvalue weighted by atomic mass is 32.2. The number of carbonyl (C=O) groups excluding carboxylic acids is 13. The summed E-state index contributed by atoms with van der Waals surface area (Å²) in [6.45, 7) is 6.44. The minimum Gasteiger partial charge on any atom is -0.481 e. The molecule has 0 radical (unpaired) electrons. The summed E-state index contributed by atoms with van der Waals surface area (Å²) in [6.07, 6.45) is 3.03. The number of para-hydroxylation sites is 2. The molecule has 1 saturated heterocycles. The number of primary amides is 1. The maximum absolute atomic E-state index is 15.1. The molecule has 7 rings (SSSR count). The molecule has 113 heavy (non-hydrogen) atoms. The highest BCUT2D eigenvalue weighted by molar-refractivity contribution is 8.00. The molecule has 0 saturated carbocycles. The molecule has 1 aliphatic heterocycles. The van der Waals surface area contributed by atoms with Crippen molar-refractivity contribution in [2.24, 2.45) is 23.3 Å². The van der Waals surface area contributed by atoms with E-state index in [1.807, 2.05) is 37.3 Å². The van der Waals surface area contributed by atoms with E-state index in [0.29, 0.717) is 57.8 Å². The van der Waals surface area contributed by atoms with Crippen LogP contribution in [0.2, 0.25) is 0 Å². The number of aliphatic hydroxyl groups is 1. The SMILES string of the molecule is CCCC[C@@H]1NC(=O)[C@H](Cc2c[nH]c3ccccc23)NC(=O)[C@H](CC(=O)O)NC(=O)[C@H](CCS(C)(=O)=O)NC(=O)CNC(=O)[C@H](CO)NC(=O)[C@H]([C@@H](C)CC)NC(=O)[C@H](Cc2ccc3ccccc3c2)NC(=O)CSC[C@@H](C(N)=O)NC(=O)[C@H](C(C)C)NC(=O)[C@H](Cc2c[nH]c3ccccc23)NC(=O)[C@@H](CCCCN)NC1=O. The number of H-pyrrole nitrogens is 2. The topological polar surface area (TPSA) is 542 Å². The number of hydrogen-bond donors (Lipinski definition) is 18. The standard InChI is InChI=1S/C77H104N16O18S2/c1-7-9-22-53-69(101)85-54(25-16-17-29-78)70(102)87-58(34-48-37-81-52-24-15-13-21-50(48)52)75(107)92-65(42(3)4)76(108)91-61(67(79)99)40-112-41-63(96)84-56(32-44-26-27-45-18-10-11-19-46(45)31-44)74(106)93-66(43(5)8-2)77(109)90-60(39-94)68(100)82-38-62(95)83-55(28-30-113(6,110)111)71(103)89-59(35-64(97)98)73(105)88-57(72(104)86-53)33-47-36-80-51-23-14-12-20-49(47)51/h10-15,18-21,23-24,26-27,31,36-37,42-43,53-61,65-66,80-81,94H,7-9,16-17,22,25,28-30,32-35,38-41,78H2,1-6H3,(H2,79,99)(H,82,100)(H,83,95)(H,84,96)(H,85,101)(H,86,104)(H,87,102)(H,88,105)(H,89,103)(H,90,109)(H,91,108)(H,92,107)(H,93,106)(H,97,98)/t43-,53-,54+,55-,56-,57-,58-,59-,60-,61-,65-,66-/m0/s1. The Hall–Kier alpha value is -11.0. The Kier molecular flexibility index (Phi) is 34.1. The van der Waals surface area contributed by atoms with Gasteiger partial charge in [0.15, 0.2) is 0 Å². The van der Waals surface area contributed by atoms with Gasteiger partial charge in [0.25, 0.3) is 0 Å². The van der Waals surface area contributed by atoms with Gasteiger partial charge in [-0.1, -0.05) is 133 Å². The third kappa shape index (κ3) is 27.1. The van der Waals surface area contributed by atoms with E-state index in [4.69, 9.17) is 11.5 Å². The molecule has 3 heterocycles. The van der Waals surface area contributed by atoms with Crippen molar-refractivity contribution in [1.82, 2.24) is 73.8 Å². The lowest BCUT2D eigenvalue weighted by Crippen LogP contribution is -2.61. The number of benzene rings is 4. The van der Waals surface area contributed by atoms with Crippen molar-refractivity contribution in [2.45, 2.75) is 178 Å². The number of hydrogen-bond acceptors (Lipinski definition) is 19. The van der Waals surface area contributed by atoms with Crippen LogP contribution >= 0.6 is 11.8 Å². The first-order valence-electron chi connectivity index (χ1n) is 37.5. The summed E-state index contributed by atoms with van der Waals surface area (Å²) < 4.78 is 25.2. The predicted octanol–water partition coefficient (Wildman–Crippen LogP) is -0.566. The molecule has 12 atom stereocenters. The van der Waals surface area contributed by atoms with E-state index in [-0.39, 0.29) is 57.2 Å². The molecule has 6 aromatic rings. The van der Waals surface area contributed by atoms with Crippen molar-refractivity contribution in [1.29, 1.82) is 0 Å². The normalized spacial score (nSPS) is 23.2. The van der Waals surface area contributed by atoms with E-state index in [0.717, 1.165) is 28.8 Å². The Morgan fingerprint density at radius 1 is 0.522 bits per heavy atom. The molecule has 34 nitrogen and oxygen atoms in total. The largest absolute Gasteiger partial charge is 0.481 e. The Labute approximate surface area is 657 Å². The molecule has 0 aliphatic carbocycles. The van der Waals surface area contributed by atoms with E-state index in [1.54, 1.807) is 101 Å². The van der Waals surface area contributed by atoms with E-state index in [1.165, 1.54) is 0 Å². The van der Waals surface area contributed by atoms with Crippen LogP contribution in [0.15, 0.2) is 103 Å². The van der Waals surface area contributed by atoms with E-state index in [9.17, 15) is 71.4 Å². The zero-order chi connectivity index (χ0) is 82.6. The Bertz CT molecular complexity index is 4510. The first kappa shape index (κ1) is 89.2. The van der Waals surface area contributed by atoms with Crippen molar-refractivity contribution in [3.63, 3.8) is 0 Å². The van der Waals surface area contributed by atoms with Gasteiger partial charge in [0.2, 0.25) is 76.8 Å². The van der Waals surface area contributed by atoms with Crippen LogP contribution in [-0.2, 0) is 96.2 Å². The Morgan fingerprint density at radius 3 is 1.54 bits per heavy atom. The first-order valence-corrected chi connectivity index (χ1v) is 40.8. The third-order valence-electron chi connectivity index (χ3n) is 19.3. The van der Waals surface area contributed by atoms with Crippen LogP contribution in [0.1, 0.15) is 109 Å². The lowest BCUT2D eigenvalue weighted by molar-refractivity contribution is -0.141. The average molecular weight is 1610 g/mol. The molecule has 612 valence electrons. The fraction of sp³-hybridized carbons (Fsp3) is 0.481. The van der Waals surface area contributed by atoms with Gasteiger partial charge in [0.05, 0.1) is 31.1 Å². The second-order valence-electron chi connectivity index (χ2n) is 28.5. The monoisotopic (exact) mass is 1600 g/mol. The molecule has 20 N–H and O–H groups in total. The Balaban J connectivity index is 1.27. The zero-order valence-corrected chi connectivity index (χ0v) is 65.6. The highest BCUT2D eigenvalue weighted by Crippen LogP contribution is 2.24. The van der Waals surface area contributed by atoms with Crippen LogP contribution in [0, 0.1) is 11.8 Å². The summed E-state index contributed by atoms with van der Waals surface area (Å²) in [5.74, 6) is -17.6. The number of carbonyl (C=O) groups is 14. The van der Waals surface area contributed by atoms with Gasteiger partial charge < -0.3 is 95.4 Å². The molecule has 1 fully saturated rings. The van der Waals surface area contributed by atoms with Gasteiger partial charge in [-0.3, -0.25) is 67.1 Å². The van der Waals surface area contributed by atoms with E-state index >= 15 is 14.4 Å². The number of carboxylic acids is 1. The fourth-order valence-corrected chi connectivity index (χ4v) is 14.3. The molecule has 1 aliphatic rings. The number of sulfone groups is 1. The molecule has 0 bridgehead atoms. The highest BCUT2D eigenvalue weighted by Gasteiger charge is 2.39. The minimum atomic E-state index is -3.93. The number of rotatable bonds is 23. The summed E-state index contributed by atoms with van der Waals surface area (Å²) in [4.78, 5) is 206. The van der Waals surface area contributed by atoms with Crippen molar-refractivity contribution in [2.75, 3.05) is 43.2 Å². The maximum Gasteiger partial charge on any atom is 0.305 e. The van der Waals surface area contributed by atoms with Gasteiger partial charge in [-0.2, -0.15) is 0 Å². The van der Waals surface area contributed by atoms with Crippen LogP contribution in [0.25, 0.3) is 32.6 Å². The van der Waals surface area contributed by atoms with Crippen molar-refractivity contribution < 1.29 is 85.8 Å². The number of nitrogens with one attached hydrogen (secondary N) is 14. The van der Waals surface area contributed by atoms with Crippen LogP contribution in [0.4, 0.5) is 0 Å². The molecular weight excluding hydrogens is 1500 g/mol. The van der Waals surface area contributed by atoms with Crippen LogP contribution in [0.5, 0.6) is 0 Å². The lowest BCUT2D eigenvalue weighted by Gasteiger charge is -2.29. The van der Waals surface area contributed by atoms with Crippen molar-refractivity contribution in [3.8, 4) is 0 Å². The van der Waals surface area contributed by atoms with Crippen LogP contribution in [0.3, 0.4) is 0 Å². The maximum atomic E-state index is 15.1. The smallest absolute Gasteiger partial charge is 0.305 e. The van der Waals surface area contributed by atoms with Crippen molar-refractivity contribution in [3.05, 3.63) is 120 Å². The van der Waals surface area contributed by atoms with Gasteiger partial charge in [-0.15, -0.1) is 11.8 Å². The average Bonchev–Trinajstić information content (AvgIpc) is 1.72. The second-order valence-corrected chi connectivity index (χ2v) is 31.8. The summed E-state index contributed by atoms with van der Waals surface area (Å²) in [7, 11) is -3.93. The van der Waals surface area contributed by atoms with E-state index in [2.05, 4.69) is 73.8 Å². The number of amides is 13. The molecule has 2 aromatic heterocycles. The number of nitrogens with two attached hydrogens (primary N) is 2. The number of thioether (sulfide) groups is 1. The molecule has 0 spiro atoms. The second kappa shape index (κ2) is 43.2. The summed E-state index contributed by atoms with van der Waals surface area (Å²) >= 11 is 0.853. The third-order valence-corrected chi connectivity index (χ3v) is 21.3. The molecule has 13 amide bonds. The fourth-order valence-electron chi connectivity index (χ4n) is 12.8. The lowest BCUT2D eigenvalue weighted by atomic mass is 9.96. The summed E-state index contributed by atoms with van der Waals surface area (Å²) in [5.41, 5.74) is 14.7. The van der Waals surface area contributed by atoms with Crippen LogP contribution < -0.4 is 75.3 Å². The molecule has 0 unspecified atom stereocenters. The van der Waals surface area contributed by atoms with Gasteiger partial charge in [0.1, 0.15) is 76.3 Å². The summed E-state index contributed by atoms with van der Waals surface area (Å²) in [6, 6.07) is 9.14. The van der Waals surface area contributed by atoms with Gasteiger partial charge >= 0.3 is 5.97 Å². The number of aromatic nitrogens is 2. The van der Waals surface area contributed by atoms with Crippen LogP contribution in [-0.4, -0.2) is 221 Å². The number of unbranched alkanes of at least 4 members (excludes halogenated alkanes) is 2. The van der Waals surface area contributed by atoms with Gasteiger partial charge in [-0.05, 0) is 90.1 Å². The quantitative estimate of drug-likeness (QED) is 0.0357. The number of aliphatic hydroxyl groups excluding tert-OH is 1.